The van der Waals surface area contributed by atoms with Gasteiger partial charge in [-0.05, 0) is 23.3 Å². The Morgan fingerprint density at radius 2 is 1.89 bits per heavy atom. The highest BCUT2D eigenvalue weighted by atomic mass is 16.2. The minimum Gasteiger partial charge on any atom is -0.337 e. The second-order valence-electron chi connectivity index (χ2n) is 6.05. The number of piperidine rings is 1. The molecule has 0 radical (unpaired) electrons. The van der Waals surface area contributed by atoms with Gasteiger partial charge in [0.15, 0.2) is 0 Å². The van der Waals surface area contributed by atoms with Gasteiger partial charge in [0.05, 0.1) is 0 Å². The van der Waals surface area contributed by atoms with Crippen molar-refractivity contribution in [2.45, 2.75) is 13.8 Å². The summed E-state index contributed by atoms with van der Waals surface area (Å²) in [6.07, 6.45) is 0. The molecule has 2 fully saturated rings. The molecule has 2 aliphatic rings. The van der Waals surface area contributed by atoms with Crippen LogP contribution in [0, 0.1) is 17.3 Å². The van der Waals surface area contributed by atoms with E-state index in [4.69, 9.17) is 0 Å². The molecule has 0 bridgehead atoms. The van der Waals surface area contributed by atoms with Crippen LogP contribution in [-0.4, -0.2) is 28.5 Å². The van der Waals surface area contributed by atoms with Gasteiger partial charge in [0.1, 0.15) is 5.69 Å². The van der Waals surface area contributed by atoms with E-state index in [-0.39, 0.29) is 11.5 Å². The van der Waals surface area contributed by atoms with Crippen LogP contribution in [0.3, 0.4) is 0 Å². The van der Waals surface area contributed by atoms with Crippen molar-refractivity contribution in [2.24, 2.45) is 24.3 Å². The average molecular weight is 246 g/mol. The summed E-state index contributed by atoms with van der Waals surface area (Å²) in [4.78, 5) is 25.8. The van der Waals surface area contributed by atoms with Crippen molar-refractivity contribution >= 4 is 5.91 Å². The molecule has 1 aliphatic heterocycles. The van der Waals surface area contributed by atoms with Crippen molar-refractivity contribution in [1.82, 2.24) is 9.47 Å². The molecule has 0 N–H and O–H groups in total. The number of carbonyl (C=O) groups excluding carboxylic acids is 1. The van der Waals surface area contributed by atoms with Gasteiger partial charge in [-0.1, -0.05) is 19.9 Å². The molecule has 4 nitrogen and oxygen atoms in total. The van der Waals surface area contributed by atoms with Gasteiger partial charge in [-0.3, -0.25) is 9.59 Å². The zero-order valence-corrected chi connectivity index (χ0v) is 11.0. The largest absolute Gasteiger partial charge is 0.337 e. The lowest BCUT2D eigenvalue weighted by Crippen LogP contribution is -2.36. The van der Waals surface area contributed by atoms with Crippen LogP contribution in [0.2, 0.25) is 0 Å². The van der Waals surface area contributed by atoms with Crippen molar-refractivity contribution in [3.8, 4) is 0 Å². The van der Waals surface area contributed by atoms with Gasteiger partial charge < -0.3 is 9.47 Å². The number of rotatable bonds is 1. The van der Waals surface area contributed by atoms with Gasteiger partial charge in [0.25, 0.3) is 11.5 Å². The predicted molar refractivity (Wildman–Crippen MR) is 68.3 cm³/mol. The molecule has 1 saturated heterocycles. The van der Waals surface area contributed by atoms with E-state index in [0.717, 1.165) is 13.1 Å². The molecule has 1 aromatic heterocycles. The van der Waals surface area contributed by atoms with E-state index in [2.05, 4.69) is 13.8 Å². The van der Waals surface area contributed by atoms with Crippen molar-refractivity contribution in [3.63, 3.8) is 0 Å². The molecule has 18 heavy (non-hydrogen) atoms. The average Bonchev–Trinajstić information content (AvgIpc) is 2.71. The Bertz CT molecular complexity index is 559. The van der Waals surface area contributed by atoms with Crippen molar-refractivity contribution in [1.29, 1.82) is 0 Å². The normalized spacial score (nSPS) is 28.1. The number of nitrogens with zero attached hydrogens (tertiary/aromatic N) is 2. The summed E-state index contributed by atoms with van der Waals surface area (Å²) >= 11 is 0. The fourth-order valence-corrected chi connectivity index (χ4v) is 3.24. The molecular formula is C14H18N2O2. The molecule has 1 saturated carbocycles. The minimum absolute atomic E-state index is 0.0156. The van der Waals surface area contributed by atoms with Gasteiger partial charge in [-0.15, -0.1) is 0 Å². The quantitative estimate of drug-likeness (QED) is 0.745. The summed E-state index contributed by atoms with van der Waals surface area (Å²) in [5, 5.41) is 0. The van der Waals surface area contributed by atoms with Crippen molar-refractivity contribution in [3.05, 3.63) is 34.2 Å². The fraction of sp³-hybridized carbons (Fsp3) is 0.571. The molecular weight excluding hydrogens is 228 g/mol. The van der Waals surface area contributed by atoms with E-state index in [9.17, 15) is 9.59 Å². The van der Waals surface area contributed by atoms with Gasteiger partial charge in [0, 0.05) is 26.2 Å². The first-order chi connectivity index (χ1) is 8.43. The van der Waals surface area contributed by atoms with Crippen molar-refractivity contribution < 1.29 is 4.79 Å². The summed E-state index contributed by atoms with van der Waals surface area (Å²) in [7, 11) is 1.65. The number of fused-ring (bicyclic) bond motifs is 1. The Hall–Kier alpha value is -1.58. The molecule has 1 aromatic rings. The van der Waals surface area contributed by atoms with Crippen LogP contribution < -0.4 is 5.56 Å². The zero-order valence-electron chi connectivity index (χ0n) is 11.0. The van der Waals surface area contributed by atoms with E-state index in [1.54, 1.807) is 19.2 Å². The third kappa shape index (κ3) is 1.44. The number of aromatic nitrogens is 1. The van der Waals surface area contributed by atoms with Crippen LogP contribution in [0.5, 0.6) is 0 Å². The first-order valence-electron chi connectivity index (χ1n) is 6.38. The second kappa shape index (κ2) is 3.46. The predicted octanol–water partition coefficient (Wildman–Crippen LogP) is 1.11. The Morgan fingerprint density at radius 1 is 1.28 bits per heavy atom. The van der Waals surface area contributed by atoms with Crippen LogP contribution in [0.25, 0.3) is 0 Å². The van der Waals surface area contributed by atoms with Crippen LogP contribution in [0.1, 0.15) is 24.3 Å². The van der Waals surface area contributed by atoms with Gasteiger partial charge in [-0.2, -0.15) is 0 Å². The smallest absolute Gasteiger partial charge is 0.270 e. The van der Waals surface area contributed by atoms with E-state index in [1.807, 2.05) is 4.90 Å². The van der Waals surface area contributed by atoms with E-state index in [1.165, 1.54) is 10.6 Å². The Labute approximate surface area is 106 Å². The number of carbonyl (C=O) groups is 1. The molecule has 2 heterocycles. The third-order valence-corrected chi connectivity index (χ3v) is 4.81. The number of amides is 1. The standard InChI is InChI=1S/C14H18N2O2/c1-14(2)9-7-16(8-10(9)14)13(18)11-5-4-6-12(17)15(11)3/h4-6,9-10H,7-8H2,1-3H3. The summed E-state index contributed by atoms with van der Waals surface area (Å²) < 4.78 is 1.43. The van der Waals surface area contributed by atoms with Gasteiger partial charge in [0.2, 0.25) is 0 Å². The Morgan fingerprint density at radius 3 is 2.50 bits per heavy atom. The molecule has 4 heteroatoms. The Kier molecular flexibility index (Phi) is 2.22. The second-order valence-corrected chi connectivity index (χ2v) is 6.05. The highest BCUT2D eigenvalue weighted by Gasteiger charge is 2.62. The first-order valence-corrected chi connectivity index (χ1v) is 6.38. The maximum absolute atomic E-state index is 12.4. The maximum atomic E-state index is 12.4. The van der Waals surface area contributed by atoms with Crippen molar-refractivity contribution in [2.75, 3.05) is 13.1 Å². The van der Waals surface area contributed by atoms with Crippen LogP contribution >= 0.6 is 0 Å². The molecule has 2 atom stereocenters. The number of hydrogen-bond acceptors (Lipinski definition) is 2. The number of pyridine rings is 1. The SMILES string of the molecule is Cn1c(C(=O)N2CC3C(C2)C3(C)C)cccc1=O. The van der Waals surface area contributed by atoms with E-state index < -0.39 is 0 Å². The molecule has 96 valence electrons. The summed E-state index contributed by atoms with van der Waals surface area (Å²) in [6.45, 7) is 6.20. The fourth-order valence-electron chi connectivity index (χ4n) is 3.24. The first kappa shape index (κ1) is 11.5. The maximum Gasteiger partial charge on any atom is 0.270 e. The minimum atomic E-state index is -0.134. The van der Waals surface area contributed by atoms with E-state index >= 15 is 0 Å². The van der Waals surface area contributed by atoms with E-state index in [0.29, 0.717) is 22.9 Å². The summed E-state index contributed by atoms with van der Waals surface area (Å²) in [6, 6.07) is 4.84. The topological polar surface area (TPSA) is 42.3 Å². The molecule has 3 rings (SSSR count). The lowest BCUT2D eigenvalue weighted by molar-refractivity contribution is 0.0747. The molecule has 0 aromatic carbocycles. The van der Waals surface area contributed by atoms with Gasteiger partial charge >= 0.3 is 0 Å². The highest BCUT2D eigenvalue weighted by molar-refractivity contribution is 5.92. The van der Waals surface area contributed by atoms with Gasteiger partial charge in [-0.25, -0.2) is 0 Å². The van der Waals surface area contributed by atoms with Crippen LogP contribution in [-0.2, 0) is 7.05 Å². The molecule has 2 unspecified atom stereocenters. The lowest BCUT2D eigenvalue weighted by Gasteiger charge is -2.22. The number of hydrogen-bond donors (Lipinski definition) is 0. The number of likely N-dealkylation sites (tertiary alicyclic amines) is 1. The molecule has 0 spiro atoms. The molecule has 1 amide bonds. The van der Waals surface area contributed by atoms with Crippen LogP contribution in [0.4, 0.5) is 0 Å². The zero-order chi connectivity index (χ0) is 13.1. The highest BCUT2D eigenvalue weighted by Crippen LogP contribution is 2.61. The molecule has 1 aliphatic carbocycles. The monoisotopic (exact) mass is 246 g/mol. The summed E-state index contributed by atoms with van der Waals surface area (Å²) in [5.41, 5.74) is 0.756. The lowest BCUT2D eigenvalue weighted by atomic mass is 10.1. The third-order valence-electron chi connectivity index (χ3n) is 4.81. The van der Waals surface area contributed by atoms with Crippen LogP contribution in [0.15, 0.2) is 23.0 Å². The summed E-state index contributed by atoms with van der Waals surface area (Å²) in [5.74, 6) is 1.27. The Balaban J connectivity index is 1.81.